The molecule has 1 aromatic heterocycles. The quantitative estimate of drug-likeness (QED) is 0.730. The van der Waals surface area contributed by atoms with Crippen molar-refractivity contribution in [3.8, 4) is 5.75 Å². The van der Waals surface area contributed by atoms with Gasteiger partial charge in [-0.2, -0.15) is 4.98 Å². The molecule has 1 saturated carbocycles. The first-order valence-corrected chi connectivity index (χ1v) is 7.25. The fourth-order valence-electron chi connectivity index (χ4n) is 2.11. The molecule has 0 radical (unpaired) electrons. The number of hydrogen-bond acceptors (Lipinski definition) is 6. The van der Waals surface area contributed by atoms with Crippen LogP contribution in [0.15, 0.2) is 28.8 Å². The summed E-state index contributed by atoms with van der Waals surface area (Å²) in [5.41, 5.74) is 6.76. The standard InChI is InChI=1S/C15H18N4O3.ClH/c16-12(7-9-1-5-11(20)6-2-9)14(21)17-8-13-18-15(22-19-13)10-3-4-10;/h1-2,5-6,10,12,20H,3-4,7-8,16H2,(H,17,21);1H/t12-;/m0./s1. The van der Waals surface area contributed by atoms with Gasteiger partial charge in [-0.3, -0.25) is 4.79 Å². The van der Waals surface area contributed by atoms with Crippen LogP contribution in [0.3, 0.4) is 0 Å². The second-order valence-corrected chi connectivity index (χ2v) is 5.52. The molecular formula is C15H19ClN4O3. The van der Waals surface area contributed by atoms with Crippen molar-refractivity contribution in [3.63, 3.8) is 0 Å². The molecule has 0 unspecified atom stereocenters. The predicted molar refractivity (Wildman–Crippen MR) is 85.2 cm³/mol. The zero-order valence-electron chi connectivity index (χ0n) is 12.4. The van der Waals surface area contributed by atoms with Crippen molar-refractivity contribution in [2.75, 3.05) is 0 Å². The van der Waals surface area contributed by atoms with Crippen molar-refractivity contribution in [2.45, 2.75) is 37.8 Å². The van der Waals surface area contributed by atoms with E-state index in [0.29, 0.717) is 24.1 Å². The van der Waals surface area contributed by atoms with Crippen LogP contribution in [0.5, 0.6) is 5.75 Å². The van der Waals surface area contributed by atoms with E-state index in [0.717, 1.165) is 18.4 Å². The number of nitrogens with two attached hydrogens (primary N) is 1. The molecule has 0 saturated heterocycles. The van der Waals surface area contributed by atoms with Crippen molar-refractivity contribution < 1.29 is 14.4 Å². The van der Waals surface area contributed by atoms with Crippen molar-refractivity contribution in [1.82, 2.24) is 15.5 Å². The van der Waals surface area contributed by atoms with Gasteiger partial charge in [-0.05, 0) is 37.0 Å². The average molecular weight is 339 g/mol. The van der Waals surface area contributed by atoms with Gasteiger partial charge in [0.1, 0.15) is 5.75 Å². The molecule has 7 nitrogen and oxygen atoms in total. The lowest BCUT2D eigenvalue weighted by molar-refractivity contribution is -0.122. The number of amides is 1. The molecule has 1 amide bonds. The number of phenolic OH excluding ortho intramolecular Hbond substituents is 1. The average Bonchev–Trinajstić information content (AvgIpc) is 3.26. The summed E-state index contributed by atoms with van der Waals surface area (Å²) in [6.07, 6.45) is 2.57. The van der Waals surface area contributed by atoms with Crippen molar-refractivity contribution in [1.29, 1.82) is 0 Å². The molecule has 23 heavy (non-hydrogen) atoms. The van der Waals surface area contributed by atoms with Gasteiger partial charge < -0.3 is 20.7 Å². The van der Waals surface area contributed by atoms with E-state index in [4.69, 9.17) is 10.3 Å². The molecule has 2 aromatic rings. The van der Waals surface area contributed by atoms with E-state index >= 15 is 0 Å². The second kappa shape index (κ2) is 7.43. The number of phenols is 1. The molecule has 0 bridgehead atoms. The Balaban J connectivity index is 0.00000192. The van der Waals surface area contributed by atoms with E-state index in [1.165, 1.54) is 0 Å². The minimum atomic E-state index is -0.667. The van der Waals surface area contributed by atoms with Gasteiger partial charge in [0, 0.05) is 5.92 Å². The molecule has 0 aliphatic heterocycles. The first-order valence-electron chi connectivity index (χ1n) is 7.25. The maximum absolute atomic E-state index is 12.0. The predicted octanol–water partition coefficient (Wildman–Crippen LogP) is 1.26. The number of aromatic nitrogens is 2. The third-order valence-electron chi connectivity index (χ3n) is 3.56. The number of nitrogens with zero attached hydrogens (tertiary/aromatic N) is 2. The van der Waals surface area contributed by atoms with Crippen LogP contribution in [0.1, 0.15) is 36.0 Å². The van der Waals surface area contributed by atoms with Crippen LogP contribution in [-0.2, 0) is 17.8 Å². The Kier molecular flexibility index (Phi) is 5.57. The molecule has 124 valence electrons. The zero-order valence-corrected chi connectivity index (χ0v) is 13.3. The lowest BCUT2D eigenvalue weighted by Gasteiger charge is -2.11. The number of benzene rings is 1. The molecule has 1 fully saturated rings. The fourth-order valence-corrected chi connectivity index (χ4v) is 2.11. The summed E-state index contributed by atoms with van der Waals surface area (Å²) in [7, 11) is 0. The monoisotopic (exact) mass is 338 g/mol. The van der Waals surface area contributed by atoms with Crippen LogP contribution in [0, 0.1) is 0 Å². The van der Waals surface area contributed by atoms with Crippen LogP contribution >= 0.6 is 12.4 Å². The van der Waals surface area contributed by atoms with E-state index in [-0.39, 0.29) is 30.6 Å². The molecule has 1 aliphatic carbocycles. The van der Waals surface area contributed by atoms with Gasteiger partial charge >= 0.3 is 0 Å². The summed E-state index contributed by atoms with van der Waals surface area (Å²) >= 11 is 0. The zero-order chi connectivity index (χ0) is 15.5. The number of halogens is 1. The minimum Gasteiger partial charge on any atom is -0.508 e. The van der Waals surface area contributed by atoms with E-state index in [1.807, 2.05) is 0 Å². The Morgan fingerprint density at radius 3 is 2.74 bits per heavy atom. The van der Waals surface area contributed by atoms with Crippen LogP contribution in [0.2, 0.25) is 0 Å². The first-order chi connectivity index (χ1) is 10.6. The molecule has 3 rings (SSSR count). The molecule has 0 spiro atoms. The van der Waals surface area contributed by atoms with Crippen molar-refractivity contribution >= 4 is 18.3 Å². The number of aromatic hydroxyl groups is 1. The number of carbonyl (C=O) groups is 1. The van der Waals surface area contributed by atoms with E-state index < -0.39 is 6.04 Å². The first kappa shape index (κ1) is 17.2. The molecule has 1 heterocycles. The smallest absolute Gasteiger partial charge is 0.237 e. The summed E-state index contributed by atoms with van der Waals surface area (Å²) in [5, 5.41) is 15.8. The van der Waals surface area contributed by atoms with E-state index in [1.54, 1.807) is 24.3 Å². The number of hydrogen-bond donors (Lipinski definition) is 3. The Hall–Kier alpha value is -2.12. The normalized spacial score (nSPS) is 14.8. The van der Waals surface area contributed by atoms with Crippen molar-refractivity contribution in [2.24, 2.45) is 5.73 Å². The highest BCUT2D eigenvalue weighted by Gasteiger charge is 2.29. The molecular weight excluding hydrogens is 320 g/mol. The lowest BCUT2D eigenvalue weighted by atomic mass is 10.1. The molecule has 8 heteroatoms. The number of rotatable bonds is 6. The van der Waals surface area contributed by atoms with E-state index in [9.17, 15) is 9.90 Å². The second-order valence-electron chi connectivity index (χ2n) is 5.52. The summed E-state index contributed by atoms with van der Waals surface area (Å²) in [4.78, 5) is 16.2. The summed E-state index contributed by atoms with van der Waals surface area (Å²) in [5.74, 6) is 1.43. The van der Waals surface area contributed by atoms with Gasteiger partial charge in [0.2, 0.25) is 11.8 Å². The highest BCUT2D eigenvalue weighted by Crippen LogP contribution is 2.38. The van der Waals surface area contributed by atoms with Crippen LogP contribution < -0.4 is 11.1 Å². The van der Waals surface area contributed by atoms with Gasteiger partial charge in [0.15, 0.2) is 5.82 Å². The fraction of sp³-hybridized carbons (Fsp3) is 0.400. The maximum atomic E-state index is 12.0. The Morgan fingerprint density at radius 1 is 1.39 bits per heavy atom. The van der Waals surface area contributed by atoms with Gasteiger partial charge in [-0.25, -0.2) is 0 Å². The number of nitrogens with one attached hydrogen (secondary N) is 1. The van der Waals surface area contributed by atoms with Gasteiger partial charge in [-0.15, -0.1) is 12.4 Å². The topological polar surface area (TPSA) is 114 Å². The molecule has 1 aromatic carbocycles. The summed E-state index contributed by atoms with van der Waals surface area (Å²) in [6.45, 7) is 0.207. The Morgan fingerprint density at radius 2 is 2.09 bits per heavy atom. The summed E-state index contributed by atoms with van der Waals surface area (Å²) < 4.78 is 5.12. The van der Waals surface area contributed by atoms with Crippen LogP contribution in [-0.4, -0.2) is 27.2 Å². The highest BCUT2D eigenvalue weighted by molar-refractivity contribution is 5.85. The van der Waals surface area contributed by atoms with Crippen LogP contribution in [0.25, 0.3) is 0 Å². The van der Waals surface area contributed by atoms with Crippen molar-refractivity contribution in [3.05, 3.63) is 41.5 Å². The van der Waals surface area contributed by atoms with Gasteiger partial charge in [-0.1, -0.05) is 17.3 Å². The molecule has 1 aliphatic rings. The molecule has 4 N–H and O–H groups in total. The lowest BCUT2D eigenvalue weighted by Crippen LogP contribution is -2.41. The third kappa shape index (κ3) is 4.67. The molecule has 1 atom stereocenters. The van der Waals surface area contributed by atoms with Gasteiger partial charge in [0.25, 0.3) is 0 Å². The minimum absolute atomic E-state index is 0. The van der Waals surface area contributed by atoms with Crippen LogP contribution in [0.4, 0.5) is 0 Å². The van der Waals surface area contributed by atoms with Gasteiger partial charge in [0.05, 0.1) is 12.6 Å². The third-order valence-corrected chi connectivity index (χ3v) is 3.56. The number of carbonyl (C=O) groups excluding carboxylic acids is 1. The highest BCUT2D eigenvalue weighted by atomic mass is 35.5. The Labute approximate surface area is 139 Å². The van der Waals surface area contributed by atoms with E-state index in [2.05, 4.69) is 15.5 Å². The maximum Gasteiger partial charge on any atom is 0.237 e. The summed E-state index contributed by atoms with van der Waals surface area (Å²) in [6, 6.07) is 5.95. The Bertz CT molecular complexity index is 655. The SMILES string of the molecule is Cl.N[C@@H](Cc1ccc(O)cc1)C(=O)NCc1noc(C2CC2)n1. The largest absolute Gasteiger partial charge is 0.508 e.